The third kappa shape index (κ3) is 5.79. The SMILES string of the molecule is CCNC(=NCc1ccc(Cl)cc1OC)NCc1csc(N(C)C)n1. The first-order valence-corrected chi connectivity index (χ1v) is 9.25. The van der Waals surface area contributed by atoms with Gasteiger partial charge < -0.3 is 20.3 Å². The highest BCUT2D eigenvalue weighted by atomic mass is 35.5. The fourth-order valence-electron chi connectivity index (χ4n) is 2.11. The number of nitrogens with zero attached hydrogens (tertiary/aromatic N) is 3. The molecule has 0 atom stereocenters. The summed E-state index contributed by atoms with van der Waals surface area (Å²) in [4.78, 5) is 11.2. The van der Waals surface area contributed by atoms with Gasteiger partial charge in [-0.1, -0.05) is 17.7 Å². The summed E-state index contributed by atoms with van der Waals surface area (Å²) in [5.74, 6) is 1.47. The molecular weight excluding hydrogens is 358 g/mol. The Morgan fingerprint density at radius 3 is 2.80 bits per heavy atom. The van der Waals surface area contributed by atoms with Crippen molar-refractivity contribution in [3.8, 4) is 5.75 Å². The first-order valence-electron chi connectivity index (χ1n) is 7.99. The van der Waals surface area contributed by atoms with E-state index in [0.717, 1.165) is 34.6 Å². The second-order valence-electron chi connectivity index (χ2n) is 5.52. The normalized spacial score (nSPS) is 11.3. The first kappa shape index (κ1) is 19.3. The second-order valence-corrected chi connectivity index (χ2v) is 6.79. The fourth-order valence-corrected chi connectivity index (χ4v) is 3.03. The molecule has 0 aliphatic heterocycles. The molecule has 2 N–H and O–H groups in total. The highest BCUT2D eigenvalue weighted by molar-refractivity contribution is 7.13. The summed E-state index contributed by atoms with van der Waals surface area (Å²) in [7, 11) is 5.61. The van der Waals surface area contributed by atoms with Crippen LogP contribution in [-0.4, -0.2) is 38.7 Å². The number of aromatic nitrogens is 1. The lowest BCUT2D eigenvalue weighted by Gasteiger charge is -2.12. The number of anilines is 1. The maximum atomic E-state index is 6.00. The average Bonchev–Trinajstić information content (AvgIpc) is 3.07. The Kier molecular flexibility index (Phi) is 7.33. The zero-order valence-electron chi connectivity index (χ0n) is 15.0. The molecule has 0 unspecified atom stereocenters. The molecule has 0 bridgehead atoms. The molecule has 0 spiro atoms. The van der Waals surface area contributed by atoms with Crippen LogP contribution in [0, 0.1) is 0 Å². The Balaban J connectivity index is 2.02. The summed E-state index contributed by atoms with van der Waals surface area (Å²) in [5, 5.41) is 10.2. The van der Waals surface area contributed by atoms with E-state index in [1.165, 1.54) is 0 Å². The highest BCUT2D eigenvalue weighted by Gasteiger charge is 2.06. The molecule has 0 saturated heterocycles. The molecule has 1 aromatic carbocycles. The number of ether oxygens (including phenoxy) is 1. The number of guanidine groups is 1. The van der Waals surface area contributed by atoms with E-state index in [-0.39, 0.29) is 0 Å². The van der Waals surface area contributed by atoms with Crippen LogP contribution in [0.5, 0.6) is 5.75 Å². The van der Waals surface area contributed by atoms with Crippen molar-refractivity contribution in [2.45, 2.75) is 20.0 Å². The van der Waals surface area contributed by atoms with Crippen molar-refractivity contribution in [2.75, 3.05) is 32.6 Å². The number of aliphatic imine (C=N–C) groups is 1. The lowest BCUT2D eigenvalue weighted by Crippen LogP contribution is -2.36. The van der Waals surface area contributed by atoms with Gasteiger partial charge >= 0.3 is 0 Å². The van der Waals surface area contributed by atoms with Crippen LogP contribution >= 0.6 is 22.9 Å². The van der Waals surface area contributed by atoms with Gasteiger partial charge in [-0.25, -0.2) is 9.98 Å². The lowest BCUT2D eigenvalue weighted by atomic mass is 10.2. The molecule has 0 fully saturated rings. The second kappa shape index (κ2) is 9.48. The van der Waals surface area contributed by atoms with Crippen molar-refractivity contribution >= 4 is 34.0 Å². The van der Waals surface area contributed by atoms with Crippen LogP contribution in [0.3, 0.4) is 0 Å². The predicted octanol–water partition coefficient (Wildman–Crippen LogP) is 3.13. The Bertz CT molecular complexity index is 717. The lowest BCUT2D eigenvalue weighted by molar-refractivity contribution is 0.410. The van der Waals surface area contributed by atoms with Crippen LogP contribution in [0.1, 0.15) is 18.2 Å². The molecule has 136 valence electrons. The van der Waals surface area contributed by atoms with Crippen molar-refractivity contribution in [1.82, 2.24) is 15.6 Å². The molecule has 0 aliphatic carbocycles. The van der Waals surface area contributed by atoms with Crippen LogP contribution in [-0.2, 0) is 13.1 Å². The van der Waals surface area contributed by atoms with E-state index in [0.29, 0.717) is 18.1 Å². The van der Waals surface area contributed by atoms with E-state index in [4.69, 9.17) is 16.3 Å². The number of benzene rings is 1. The minimum Gasteiger partial charge on any atom is -0.496 e. The highest BCUT2D eigenvalue weighted by Crippen LogP contribution is 2.23. The number of nitrogens with one attached hydrogen (secondary N) is 2. The third-order valence-electron chi connectivity index (χ3n) is 3.36. The van der Waals surface area contributed by atoms with Crippen molar-refractivity contribution in [2.24, 2.45) is 4.99 Å². The molecule has 0 amide bonds. The zero-order valence-corrected chi connectivity index (χ0v) is 16.5. The summed E-state index contributed by atoms with van der Waals surface area (Å²) in [6.45, 7) is 3.93. The van der Waals surface area contributed by atoms with Crippen LogP contribution in [0.4, 0.5) is 5.13 Å². The van der Waals surface area contributed by atoms with Gasteiger partial charge in [0.25, 0.3) is 0 Å². The zero-order chi connectivity index (χ0) is 18.2. The van der Waals surface area contributed by atoms with Crippen LogP contribution in [0.15, 0.2) is 28.6 Å². The molecular formula is C17H24ClN5OS. The Morgan fingerprint density at radius 2 is 2.16 bits per heavy atom. The molecule has 25 heavy (non-hydrogen) atoms. The van der Waals surface area contributed by atoms with Gasteiger partial charge in [-0.05, 0) is 19.1 Å². The van der Waals surface area contributed by atoms with Gasteiger partial charge in [0.2, 0.25) is 0 Å². The Morgan fingerprint density at radius 1 is 1.36 bits per heavy atom. The van der Waals surface area contributed by atoms with E-state index in [1.807, 2.05) is 43.4 Å². The van der Waals surface area contributed by atoms with E-state index in [9.17, 15) is 0 Å². The van der Waals surface area contributed by atoms with Crippen molar-refractivity contribution in [3.63, 3.8) is 0 Å². The number of methoxy groups -OCH3 is 1. The first-order chi connectivity index (χ1) is 12.0. The molecule has 1 aromatic heterocycles. The van der Waals surface area contributed by atoms with E-state index >= 15 is 0 Å². The van der Waals surface area contributed by atoms with Crippen LogP contribution in [0.2, 0.25) is 5.02 Å². The van der Waals surface area contributed by atoms with Crippen molar-refractivity contribution < 1.29 is 4.74 Å². The smallest absolute Gasteiger partial charge is 0.191 e. The largest absolute Gasteiger partial charge is 0.496 e. The minimum absolute atomic E-state index is 0.496. The number of hydrogen-bond acceptors (Lipinski definition) is 5. The van der Waals surface area contributed by atoms with Crippen LogP contribution in [0.25, 0.3) is 0 Å². The summed E-state index contributed by atoms with van der Waals surface area (Å²) < 4.78 is 5.37. The van der Waals surface area contributed by atoms with Gasteiger partial charge in [-0.15, -0.1) is 11.3 Å². The Labute approximate surface area is 157 Å². The van der Waals surface area contributed by atoms with Gasteiger partial charge in [-0.3, -0.25) is 0 Å². The van der Waals surface area contributed by atoms with Gasteiger partial charge in [0.05, 0.1) is 25.9 Å². The quantitative estimate of drug-likeness (QED) is 0.570. The standard InChI is InChI=1S/C17H24ClN5OS/c1-5-19-16(21-10-14-11-25-17(22-14)23(2)3)20-9-12-6-7-13(18)8-15(12)24-4/h6-8,11H,5,9-10H2,1-4H3,(H2,19,20,21). The minimum atomic E-state index is 0.496. The van der Waals surface area contributed by atoms with Crippen LogP contribution < -0.4 is 20.3 Å². The summed E-state index contributed by atoms with van der Waals surface area (Å²) in [5.41, 5.74) is 1.97. The summed E-state index contributed by atoms with van der Waals surface area (Å²) >= 11 is 7.62. The van der Waals surface area contributed by atoms with Gasteiger partial charge in [0.15, 0.2) is 11.1 Å². The molecule has 8 heteroatoms. The maximum Gasteiger partial charge on any atom is 0.191 e. The van der Waals surface area contributed by atoms with E-state index < -0.39 is 0 Å². The fraction of sp³-hybridized carbons (Fsp3) is 0.412. The van der Waals surface area contributed by atoms with Crippen molar-refractivity contribution in [3.05, 3.63) is 39.9 Å². The molecule has 6 nitrogen and oxygen atoms in total. The number of hydrogen-bond donors (Lipinski definition) is 2. The molecule has 2 aromatic rings. The van der Waals surface area contributed by atoms with E-state index in [1.54, 1.807) is 24.5 Å². The predicted molar refractivity (Wildman–Crippen MR) is 106 cm³/mol. The summed E-state index contributed by atoms with van der Waals surface area (Å²) in [6, 6.07) is 5.57. The number of rotatable bonds is 7. The average molecular weight is 382 g/mol. The van der Waals surface area contributed by atoms with Gasteiger partial charge in [0.1, 0.15) is 5.75 Å². The molecule has 1 heterocycles. The molecule has 2 rings (SSSR count). The molecule has 0 radical (unpaired) electrons. The number of thiazole rings is 1. The molecule has 0 saturated carbocycles. The maximum absolute atomic E-state index is 6.00. The third-order valence-corrected chi connectivity index (χ3v) is 4.65. The Hall–Kier alpha value is -1.99. The topological polar surface area (TPSA) is 61.8 Å². The molecule has 0 aliphatic rings. The monoisotopic (exact) mass is 381 g/mol. The summed E-state index contributed by atoms with van der Waals surface area (Å²) in [6.07, 6.45) is 0. The van der Waals surface area contributed by atoms with E-state index in [2.05, 4.69) is 20.6 Å². The number of halogens is 1. The van der Waals surface area contributed by atoms with Crippen molar-refractivity contribution in [1.29, 1.82) is 0 Å². The van der Waals surface area contributed by atoms with Gasteiger partial charge in [-0.2, -0.15) is 0 Å². The van der Waals surface area contributed by atoms with Gasteiger partial charge in [0, 0.05) is 36.6 Å².